The van der Waals surface area contributed by atoms with Crippen molar-refractivity contribution in [2.75, 3.05) is 9.80 Å². The monoisotopic (exact) mass is 586 g/mol. The number of para-hydroxylation sites is 1. The second kappa shape index (κ2) is 13.2. The smallest absolute Gasteiger partial charge is 0.335 e. The highest BCUT2D eigenvalue weighted by Crippen LogP contribution is 2.37. The molecular weight excluding hydrogens is 552 g/mol. The first-order valence-electron chi connectivity index (χ1n) is 14.9. The standard InChI is InChI=1S/C41H34N2O2/c1-4-41(44)45-40-26-24-37(25-27-40)43(39-15-9-11-31(3)29-39)36-22-18-33(19-23-36)32-16-20-35(21-17-32)42(34-12-6-5-7-13-34)38-14-8-10-30(2)28-38/h4-10,12-29H,1,3,11H2,2H3. The number of nitrogens with zero attached hydrogens (tertiary/aromatic N) is 2. The molecule has 0 fully saturated rings. The maximum absolute atomic E-state index is 11.7. The van der Waals surface area contributed by atoms with Crippen LogP contribution in [0.5, 0.6) is 5.75 Å². The van der Waals surface area contributed by atoms with Crippen LogP contribution in [0.4, 0.5) is 28.4 Å². The summed E-state index contributed by atoms with van der Waals surface area (Å²) in [5, 5.41) is 0. The van der Waals surface area contributed by atoms with Gasteiger partial charge in [-0.3, -0.25) is 0 Å². The number of hydrogen-bond donors (Lipinski definition) is 0. The maximum atomic E-state index is 11.7. The molecule has 4 nitrogen and oxygen atoms in total. The number of aryl methyl sites for hydroxylation is 1. The summed E-state index contributed by atoms with van der Waals surface area (Å²) in [5.41, 5.74) is 10.8. The van der Waals surface area contributed by atoms with Crippen molar-refractivity contribution in [3.8, 4) is 16.9 Å². The van der Waals surface area contributed by atoms with Crippen molar-refractivity contribution < 1.29 is 9.53 Å². The molecule has 0 saturated carbocycles. The SMILES string of the molecule is C=CC(=O)Oc1ccc(N(C2=CC(=C)CC=C2)c2ccc(-c3ccc(N(c4ccccc4)c4cccc(C)c4)cc3)cc2)cc1. The van der Waals surface area contributed by atoms with Gasteiger partial charge in [-0.1, -0.05) is 73.8 Å². The van der Waals surface area contributed by atoms with Gasteiger partial charge in [0.1, 0.15) is 5.75 Å². The molecule has 0 radical (unpaired) electrons. The number of esters is 1. The summed E-state index contributed by atoms with van der Waals surface area (Å²) in [7, 11) is 0. The van der Waals surface area contributed by atoms with Crippen molar-refractivity contribution >= 4 is 34.4 Å². The Hall–Kier alpha value is -5.87. The fourth-order valence-electron chi connectivity index (χ4n) is 5.45. The minimum absolute atomic E-state index is 0.466. The number of allylic oxidation sites excluding steroid dienone is 4. The lowest BCUT2D eigenvalue weighted by molar-refractivity contribution is -0.128. The lowest BCUT2D eigenvalue weighted by atomic mass is 10.0. The van der Waals surface area contributed by atoms with Crippen molar-refractivity contribution in [3.05, 3.63) is 182 Å². The molecule has 1 aliphatic rings. The van der Waals surface area contributed by atoms with E-state index in [0.717, 1.165) is 63.3 Å². The fraction of sp³-hybridized carbons (Fsp3) is 0.0488. The largest absolute Gasteiger partial charge is 0.423 e. The lowest BCUT2D eigenvalue weighted by Gasteiger charge is -2.28. The van der Waals surface area contributed by atoms with Crippen LogP contribution < -0.4 is 14.5 Å². The molecule has 0 heterocycles. The molecule has 5 aromatic carbocycles. The number of benzene rings is 5. The Balaban J connectivity index is 1.30. The third-order valence-electron chi connectivity index (χ3n) is 7.62. The van der Waals surface area contributed by atoms with E-state index >= 15 is 0 Å². The highest BCUT2D eigenvalue weighted by Gasteiger charge is 2.17. The quantitative estimate of drug-likeness (QED) is 0.0977. The van der Waals surface area contributed by atoms with Crippen molar-refractivity contribution in [1.82, 2.24) is 0 Å². The van der Waals surface area contributed by atoms with E-state index < -0.39 is 5.97 Å². The summed E-state index contributed by atoms with van der Waals surface area (Å²) >= 11 is 0. The van der Waals surface area contributed by atoms with Gasteiger partial charge in [0.25, 0.3) is 0 Å². The zero-order valence-corrected chi connectivity index (χ0v) is 25.3. The van der Waals surface area contributed by atoms with Crippen LogP contribution in [0.3, 0.4) is 0 Å². The van der Waals surface area contributed by atoms with Crippen molar-refractivity contribution in [3.63, 3.8) is 0 Å². The molecule has 6 rings (SSSR count). The molecule has 4 heteroatoms. The predicted octanol–water partition coefficient (Wildman–Crippen LogP) is 10.8. The molecule has 0 spiro atoms. The summed E-state index contributed by atoms with van der Waals surface area (Å²) < 4.78 is 5.29. The summed E-state index contributed by atoms with van der Waals surface area (Å²) in [6.07, 6.45) is 8.32. The molecule has 0 aromatic heterocycles. The third-order valence-corrected chi connectivity index (χ3v) is 7.62. The Bertz CT molecular complexity index is 1880. The van der Waals surface area contributed by atoms with Gasteiger partial charge in [0, 0.05) is 40.2 Å². The van der Waals surface area contributed by atoms with Gasteiger partial charge in [-0.05, 0) is 121 Å². The second-order valence-electron chi connectivity index (χ2n) is 10.9. The lowest BCUT2D eigenvalue weighted by Crippen LogP contribution is -2.16. The van der Waals surface area contributed by atoms with E-state index in [9.17, 15) is 4.79 Å². The van der Waals surface area contributed by atoms with Gasteiger partial charge in [-0.25, -0.2) is 4.79 Å². The Morgan fingerprint density at radius 3 is 1.82 bits per heavy atom. The third kappa shape index (κ3) is 6.71. The van der Waals surface area contributed by atoms with E-state index in [0.29, 0.717) is 5.75 Å². The molecule has 0 amide bonds. The van der Waals surface area contributed by atoms with Crippen LogP contribution in [0.2, 0.25) is 0 Å². The van der Waals surface area contributed by atoms with Gasteiger partial charge in [0.2, 0.25) is 0 Å². The van der Waals surface area contributed by atoms with Crippen LogP contribution in [0.25, 0.3) is 11.1 Å². The Morgan fingerprint density at radius 2 is 1.24 bits per heavy atom. The Labute approximate surface area is 265 Å². The van der Waals surface area contributed by atoms with Gasteiger partial charge < -0.3 is 14.5 Å². The molecule has 0 atom stereocenters. The summed E-state index contributed by atoms with van der Waals surface area (Å²) in [6, 6.07) is 43.7. The minimum Gasteiger partial charge on any atom is -0.423 e. The molecule has 220 valence electrons. The number of rotatable bonds is 9. The number of ether oxygens (including phenoxy) is 1. The Kier molecular flexibility index (Phi) is 8.56. The van der Waals surface area contributed by atoms with Crippen LogP contribution in [-0.2, 0) is 4.79 Å². The number of carbonyl (C=O) groups is 1. The van der Waals surface area contributed by atoms with Crippen molar-refractivity contribution in [1.29, 1.82) is 0 Å². The molecule has 0 N–H and O–H groups in total. The summed E-state index contributed by atoms with van der Waals surface area (Å²) in [6.45, 7) is 9.77. The van der Waals surface area contributed by atoms with E-state index in [1.165, 1.54) is 5.56 Å². The van der Waals surface area contributed by atoms with E-state index in [4.69, 9.17) is 4.74 Å². The zero-order valence-electron chi connectivity index (χ0n) is 25.3. The summed E-state index contributed by atoms with van der Waals surface area (Å²) in [4.78, 5) is 16.1. The molecule has 45 heavy (non-hydrogen) atoms. The first-order chi connectivity index (χ1) is 22.0. The van der Waals surface area contributed by atoms with Gasteiger partial charge >= 0.3 is 5.97 Å². The van der Waals surface area contributed by atoms with Gasteiger partial charge in [-0.2, -0.15) is 0 Å². The molecule has 1 aliphatic carbocycles. The number of anilines is 5. The average molecular weight is 587 g/mol. The van der Waals surface area contributed by atoms with E-state index in [1.54, 1.807) is 12.1 Å². The highest BCUT2D eigenvalue weighted by atomic mass is 16.5. The zero-order chi connectivity index (χ0) is 31.2. The second-order valence-corrected chi connectivity index (χ2v) is 10.9. The molecule has 0 saturated heterocycles. The van der Waals surface area contributed by atoms with Crippen LogP contribution in [0.1, 0.15) is 12.0 Å². The first-order valence-corrected chi connectivity index (χ1v) is 14.9. The normalized spacial score (nSPS) is 12.3. The molecule has 0 unspecified atom stereocenters. The Morgan fingerprint density at radius 1 is 0.689 bits per heavy atom. The van der Waals surface area contributed by atoms with E-state index in [1.807, 2.05) is 18.2 Å². The average Bonchev–Trinajstić information content (AvgIpc) is 3.07. The molecular formula is C41H34N2O2. The van der Waals surface area contributed by atoms with E-state index in [2.05, 4.69) is 145 Å². The molecule has 0 aliphatic heterocycles. The van der Waals surface area contributed by atoms with Gasteiger partial charge in [0.15, 0.2) is 0 Å². The van der Waals surface area contributed by atoms with Crippen molar-refractivity contribution in [2.45, 2.75) is 13.3 Å². The fourth-order valence-corrected chi connectivity index (χ4v) is 5.45. The maximum Gasteiger partial charge on any atom is 0.335 e. The predicted molar refractivity (Wildman–Crippen MR) is 187 cm³/mol. The number of hydrogen-bond acceptors (Lipinski definition) is 4. The van der Waals surface area contributed by atoms with E-state index in [-0.39, 0.29) is 0 Å². The van der Waals surface area contributed by atoms with Crippen LogP contribution in [0.15, 0.2) is 176 Å². The van der Waals surface area contributed by atoms with Crippen LogP contribution in [-0.4, -0.2) is 5.97 Å². The van der Waals surface area contributed by atoms with Gasteiger partial charge in [-0.15, -0.1) is 0 Å². The molecule has 0 bridgehead atoms. The van der Waals surface area contributed by atoms with Crippen LogP contribution >= 0.6 is 0 Å². The highest BCUT2D eigenvalue weighted by molar-refractivity contribution is 5.84. The van der Waals surface area contributed by atoms with Crippen LogP contribution in [0, 0.1) is 6.92 Å². The topological polar surface area (TPSA) is 32.8 Å². The number of carbonyl (C=O) groups excluding carboxylic acids is 1. The first kappa shape index (κ1) is 29.2. The van der Waals surface area contributed by atoms with Crippen molar-refractivity contribution in [2.24, 2.45) is 0 Å². The minimum atomic E-state index is -0.486. The summed E-state index contributed by atoms with van der Waals surface area (Å²) in [5.74, 6) is -0.0198. The molecule has 5 aromatic rings. The van der Waals surface area contributed by atoms with Gasteiger partial charge in [0.05, 0.1) is 0 Å².